The molecule has 5 heteroatoms. The van der Waals surface area contributed by atoms with Crippen molar-refractivity contribution in [3.05, 3.63) is 65.2 Å². The molecule has 0 aliphatic heterocycles. The molecule has 1 atom stereocenters. The number of aryl methyl sites for hydroxylation is 2. The van der Waals surface area contributed by atoms with Crippen LogP contribution in [0.25, 0.3) is 0 Å². The van der Waals surface area contributed by atoms with E-state index in [4.69, 9.17) is 4.74 Å². The number of hydrogen-bond acceptors (Lipinski definition) is 3. The predicted octanol–water partition coefficient (Wildman–Crippen LogP) is 4.02. The fraction of sp³-hybridized carbons (Fsp3) is 0.417. The summed E-state index contributed by atoms with van der Waals surface area (Å²) in [6.45, 7) is 8.69. The Morgan fingerprint density at radius 3 is 2.41 bits per heavy atom. The standard InChI is InChI=1S/C24H32N2O3/c1-5-6-13-25-24(28)20(4)26(16-21-11-7-9-18(2)14-21)23(27)17-29-22-12-8-10-19(3)15-22/h7-12,14-15,20H,5-6,13,16-17H2,1-4H3,(H,25,28)/t20-/m0/s1. The number of carbonyl (C=O) groups excluding carboxylic acids is 2. The summed E-state index contributed by atoms with van der Waals surface area (Å²) >= 11 is 0. The lowest BCUT2D eigenvalue weighted by Crippen LogP contribution is -2.49. The first-order valence-electron chi connectivity index (χ1n) is 10.2. The third kappa shape index (κ3) is 7.26. The minimum absolute atomic E-state index is 0.109. The van der Waals surface area contributed by atoms with Crippen molar-refractivity contribution in [1.82, 2.24) is 10.2 Å². The number of rotatable bonds is 10. The molecule has 0 bridgehead atoms. The summed E-state index contributed by atoms with van der Waals surface area (Å²) in [6.07, 6.45) is 1.92. The number of nitrogens with zero attached hydrogens (tertiary/aromatic N) is 1. The summed E-state index contributed by atoms with van der Waals surface area (Å²) in [6, 6.07) is 15.0. The van der Waals surface area contributed by atoms with Crippen molar-refractivity contribution < 1.29 is 14.3 Å². The first-order chi connectivity index (χ1) is 13.9. The van der Waals surface area contributed by atoms with E-state index in [-0.39, 0.29) is 18.4 Å². The lowest BCUT2D eigenvalue weighted by molar-refractivity contribution is -0.142. The van der Waals surface area contributed by atoms with Gasteiger partial charge in [0.2, 0.25) is 5.91 Å². The van der Waals surface area contributed by atoms with E-state index in [1.165, 1.54) is 0 Å². The molecule has 0 spiro atoms. The Hall–Kier alpha value is -2.82. The van der Waals surface area contributed by atoms with E-state index in [9.17, 15) is 9.59 Å². The molecule has 0 unspecified atom stereocenters. The molecule has 0 aromatic heterocycles. The highest BCUT2D eigenvalue weighted by Crippen LogP contribution is 2.15. The smallest absolute Gasteiger partial charge is 0.261 e. The molecule has 2 rings (SSSR count). The second-order valence-corrected chi connectivity index (χ2v) is 7.44. The van der Waals surface area contributed by atoms with Gasteiger partial charge in [-0.15, -0.1) is 0 Å². The third-order valence-corrected chi connectivity index (χ3v) is 4.78. The van der Waals surface area contributed by atoms with Crippen molar-refractivity contribution in [3.8, 4) is 5.75 Å². The zero-order valence-corrected chi connectivity index (χ0v) is 17.9. The van der Waals surface area contributed by atoms with Crippen LogP contribution in [0.2, 0.25) is 0 Å². The summed E-state index contributed by atoms with van der Waals surface area (Å²) < 4.78 is 5.70. The van der Waals surface area contributed by atoms with Crippen LogP contribution in [0.15, 0.2) is 48.5 Å². The van der Waals surface area contributed by atoms with Gasteiger partial charge >= 0.3 is 0 Å². The van der Waals surface area contributed by atoms with Gasteiger partial charge in [0.1, 0.15) is 11.8 Å². The second-order valence-electron chi connectivity index (χ2n) is 7.44. The maximum atomic E-state index is 13.0. The van der Waals surface area contributed by atoms with E-state index in [1.54, 1.807) is 11.8 Å². The Morgan fingerprint density at radius 1 is 1.07 bits per heavy atom. The van der Waals surface area contributed by atoms with E-state index in [1.807, 2.05) is 62.4 Å². The molecule has 0 heterocycles. The second kappa shape index (κ2) is 11.2. The number of unbranched alkanes of at least 4 members (excludes halogenated alkanes) is 1. The van der Waals surface area contributed by atoms with E-state index < -0.39 is 6.04 Å². The van der Waals surface area contributed by atoms with Gasteiger partial charge in [0.15, 0.2) is 6.61 Å². The first-order valence-corrected chi connectivity index (χ1v) is 10.2. The molecule has 0 saturated carbocycles. The molecule has 0 saturated heterocycles. The van der Waals surface area contributed by atoms with E-state index in [2.05, 4.69) is 12.2 Å². The summed E-state index contributed by atoms with van der Waals surface area (Å²) in [5.41, 5.74) is 3.17. The van der Waals surface area contributed by atoms with Crippen molar-refractivity contribution >= 4 is 11.8 Å². The zero-order chi connectivity index (χ0) is 21.2. The average molecular weight is 397 g/mol. The summed E-state index contributed by atoms with van der Waals surface area (Å²) in [4.78, 5) is 27.2. The van der Waals surface area contributed by atoms with Gasteiger partial charge in [-0.3, -0.25) is 9.59 Å². The summed E-state index contributed by atoms with van der Waals surface area (Å²) in [5, 5.41) is 2.92. The third-order valence-electron chi connectivity index (χ3n) is 4.78. The van der Waals surface area contributed by atoms with Crippen LogP contribution < -0.4 is 10.1 Å². The van der Waals surface area contributed by atoms with E-state index in [0.29, 0.717) is 18.8 Å². The first kappa shape index (κ1) is 22.5. The highest BCUT2D eigenvalue weighted by atomic mass is 16.5. The fourth-order valence-corrected chi connectivity index (χ4v) is 3.06. The molecular formula is C24H32N2O3. The largest absolute Gasteiger partial charge is 0.484 e. The zero-order valence-electron chi connectivity index (χ0n) is 17.9. The number of hydrogen-bond donors (Lipinski definition) is 1. The maximum Gasteiger partial charge on any atom is 0.261 e. The van der Waals surface area contributed by atoms with E-state index in [0.717, 1.165) is 29.5 Å². The van der Waals surface area contributed by atoms with E-state index >= 15 is 0 Å². The van der Waals surface area contributed by atoms with Gasteiger partial charge in [-0.2, -0.15) is 0 Å². The van der Waals surface area contributed by atoms with Gasteiger partial charge in [-0.25, -0.2) is 0 Å². The van der Waals surface area contributed by atoms with Gasteiger partial charge in [-0.1, -0.05) is 55.3 Å². The molecular weight excluding hydrogens is 364 g/mol. The van der Waals surface area contributed by atoms with Gasteiger partial charge in [-0.05, 0) is 50.5 Å². The average Bonchev–Trinajstić information content (AvgIpc) is 2.70. The number of amides is 2. The molecule has 5 nitrogen and oxygen atoms in total. The summed E-state index contributed by atoms with van der Waals surface area (Å²) in [7, 11) is 0. The molecule has 0 radical (unpaired) electrons. The monoisotopic (exact) mass is 396 g/mol. The van der Waals surface area contributed by atoms with Gasteiger partial charge in [0, 0.05) is 13.1 Å². The Morgan fingerprint density at radius 2 is 1.76 bits per heavy atom. The van der Waals surface area contributed by atoms with Crippen LogP contribution in [-0.4, -0.2) is 35.9 Å². The maximum absolute atomic E-state index is 13.0. The Kier molecular flexibility index (Phi) is 8.71. The van der Waals surface area contributed by atoms with Crippen LogP contribution in [0.5, 0.6) is 5.75 Å². The SMILES string of the molecule is CCCCNC(=O)[C@H](C)N(Cc1cccc(C)c1)C(=O)COc1cccc(C)c1. The lowest BCUT2D eigenvalue weighted by atomic mass is 10.1. The molecule has 156 valence electrons. The minimum Gasteiger partial charge on any atom is -0.484 e. The summed E-state index contributed by atoms with van der Waals surface area (Å²) in [5.74, 6) is 0.287. The molecule has 0 aliphatic carbocycles. The quantitative estimate of drug-likeness (QED) is 0.617. The fourth-order valence-electron chi connectivity index (χ4n) is 3.06. The van der Waals surface area contributed by atoms with Crippen LogP contribution >= 0.6 is 0 Å². The van der Waals surface area contributed by atoms with Gasteiger partial charge in [0.05, 0.1) is 0 Å². The molecule has 2 aromatic rings. The highest BCUT2D eigenvalue weighted by molar-refractivity contribution is 5.87. The van der Waals surface area contributed by atoms with Crippen molar-refractivity contribution in [2.75, 3.05) is 13.2 Å². The molecule has 2 aromatic carbocycles. The normalized spacial score (nSPS) is 11.6. The van der Waals surface area contributed by atoms with Crippen LogP contribution in [0.3, 0.4) is 0 Å². The van der Waals surface area contributed by atoms with Crippen LogP contribution in [0.1, 0.15) is 43.4 Å². The highest BCUT2D eigenvalue weighted by Gasteiger charge is 2.26. The molecule has 29 heavy (non-hydrogen) atoms. The van der Waals surface area contributed by atoms with Crippen LogP contribution in [-0.2, 0) is 16.1 Å². The number of benzene rings is 2. The van der Waals surface area contributed by atoms with Gasteiger partial charge < -0.3 is 15.0 Å². The minimum atomic E-state index is -0.582. The topological polar surface area (TPSA) is 58.6 Å². The van der Waals surface area contributed by atoms with Crippen molar-refractivity contribution in [3.63, 3.8) is 0 Å². The van der Waals surface area contributed by atoms with Gasteiger partial charge in [0.25, 0.3) is 5.91 Å². The number of ether oxygens (including phenoxy) is 1. The van der Waals surface area contributed by atoms with Crippen LogP contribution in [0.4, 0.5) is 0 Å². The molecule has 2 amide bonds. The molecule has 0 aliphatic rings. The predicted molar refractivity (Wildman–Crippen MR) is 116 cm³/mol. The Bertz CT molecular complexity index is 819. The Balaban J connectivity index is 2.11. The number of carbonyl (C=O) groups is 2. The van der Waals surface area contributed by atoms with Crippen molar-refractivity contribution in [1.29, 1.82) is 0 Å². The van der Waals surface area contributed by atoms with Crippen molar-refractivity contribution in [2.45, 2.75) is 53.1 Å². The lowest BCUT2D eigenvalue weighted by Gasteiger charge is -2.29. The van der Waals surface area contributed by atoms with Crippen LogP contribution in [0, 0.1) is 13.8 Å². The molecule has 1 N–H and O–H groups in total. The molecule has 0 fully saturated rings. The Labute approximate surface area is 174 Å². The number of nitrogens with one attached hydrogen (secondary N) is 1. The van der Waals surface area contributed by atoms with Crippen molar-refractivity contribution in [2.24, 2.45) is 0 Å².